The lowest BCUT2D eigenvalue weighted by Gasteiger charge is -2.27. The van der Waals surface area contributed by atoms with Crippen LogP contribution in [0, 0.1) is 0 Å². The molecule has 0 saturated carbocycles. The molecule has 0 bridgehead atoms. The van der Waals surface area contributed by atoms with Crippen molar-refractivity contribution < 1.29 is 14.1 Å². The van der Waals surface area contributed by atoms with Crippen molar-refractivity contribution in [2.75, 3.05) is 13.2 Å². The van der Waals surface area contributed by atoms with E-state index in [0.29, 0.717) is 36.7 Å². The number of nitrogens with zero attached hydrogens (tertiary/aromatic N) is 2. The molecule has 35 heavy (non-hydrogen) atoms. The molecule has 6 heteroatoms. The topological polar surface area (TPSA) is 55.6 Å². The third-order valence-electron chi connectivity index (χ3n) is 6.05. The molecule has 0 atom stereocenters. The summed E-state index contributed by atoms with van der Waals surface area (Å²) in [4.78, 5) is 15.6. The van der Waals surface area contributed by atoms with Gasteiger partial charge in [-0.3, -0.25) is 4.79 Å². The standard InChI is InChI=1S/C29H25ClN2O3/c1-2-34-24-14-8-20(9-15-24)18-26(21-6-4-3-5-7-21)29(33)32-17-16-25-27(19-32)31-35-28(25)22-10-12-23(30)13-11-22/h3-15,18H,2,16-17,19H2,1H3/b26-18+. The van der Waals surface area contributed by atoms with E-state index >= 15 is 0 Å². The normalized spacial score (nSPS) is 13.4. The third kappa shape index (κ3) is 5.00. The summed E-state index contributed by atoms with van der Waals surface area (Å²) in [6.45, 7) is 3.55. The van der Waals surface area contributed by atoms with Gasteiger partial charge in [-0.25, -0.2) is 0 Å². The van der Waals surface area contributed by atoms with E-state index in [4.69, 9.17) is 20.9 Å². The first-order chi connectivity index (χ1) is 17.1. The molecule has 2 heterocycles. The first-order valence-corrected chi connectivity index (χ1v) is 12.0. The zero-order chi connectivity index (χ0) is 24.2. The van der Waals surface area contributed by atoms with Gasteiger partial charge in [-0.1, -0.05) is 59.2 Å². The van der Waals surface area contributed by atoms with Crippen LogP contribution in [0.5, 0.6) is 5.75 Å². The zero-order valence-corrected chi connectivity index (χ0v) is 20.2. The van der Waals surface area contributed by atoms with Crippen LogP contribution in [-0.4, -0.2) is 29.1 Å². The highest BCUT2D eigenvalue weighted by Crippen LogP contribution is 2.32. The average Bonchev–Trinajstić information content (AvgIpc) is 3.32. The maximum atomic E-state index is 13.8. The minimum Gasteiger partial charge on any atom is -0.494 e. The van der Waals surface area contributed by atoms with Crippen LogP contribution in [0.1, 0.15) is 29.3 Å². The average molecular weight is 485 g/mol. The summed E-state index contributed by atoms with van der Waals surface area (Å²) in [7, 11) is 0. The minimum atomic E-state index is -0.0354. The number of halogens is 1. The van der Waals surface area contributed by atoms with E-state index in [2.05, 4.69) is 5.16 Å². The molecule has 1 amide bonds. The van der Waals surface area contributed by atoms with E-state index in [9.17, 15) is 4.79 Å². The Balaban J connectivity index is 1.42. The van der Waals surface area contributed by atoms with E-state index in [1.165, 1.54) is 0 Å². The van der Waals surface area contributed by atoms with Crippen LogP contribution in [0.4, 0.5) is 0 Å². The van der Waals surface area contributed by atoms with Crippen molar-refractivity contribution in [3.8, 4) is 17.1 Å². The monoisotopic (exact) mass is 484 g/mol. The van der Waals surface area contributed by atoms with Crippen molar-refractivity contribution in [2.24, 2.45) is 0 Å². The molecule has 0 saturated heterocycles. The van der Waals surface area contributed by atoms with Gasteiger partial charge in [0.05, 0.1) is 13.2 Å². The van der Waals surface area contributed by atoms with Gasteiger partial charge in [-0.15, -0.1) is 0 Å². The van der Waals surface area contributed by atoms with Crippen molar-refractivity contribution in [1.29, 1.82) is 0 Å². The minimum absolute atomic E-state index is 0.0354. The molecular weight excluding hydrogens is 460 g/mol. The van der Waals surface area contributed by atoms with Gasteiger partial charge in [-0.05, 0) is 66.9 Å². The lowest BCUT2D eigenvalue weighted by molar-refractivity contribution is -0.125. The maximum Gasteiger partial charge on any atom is 0.254 e. The summed E-state index contributed by atoms with van der Waals surface area (Å²) in [5.74, 6) is 1.52. The molecule has 0 aliphatic carbocycles. The summed E-state index contributed by atoms with van der Waals surface area (Å²) in [6.07, 6.45) is 2.61. The Morgan fingerprint density at radius 2 is 1.80 bits per heavy atom. The molecule has 0 spiro atoms. The van der Waals surface area contributed by atoms with Crippen LogP contribution in [0.25, 0.3) is 23.0 Å². The van der Waals surface area contributed by atoms with E-state index < -0.39 is 0 Å². The van der Waals surface area contributed by atoms with Gasteiger partial charge in [-0.2, -0.15) is 0 Å². The Morgan fingerprint density at radius 3 is 2.51 bits per heavy atom. The van der Waals surface area contributed by atoms with E-state index in [-0.39, 0.29) is 5.91 Å². The number of hydrogen-bond donors (Lipinski definition) is 0. The van der Waals surface area contributed by atoms with Gasteiger partial charge in [0, 0.05) is 28.3 Å². The Labute approximate surface area is 209 Å². The van der Waals surface area contributed by atoms with Gasteiger partial charge >= 0.3 is 0 Å². The van der Waals surface area contributed by atoms with Gasteiger partial charge in [0.2, 0.25) is 0 Å². The number of benzene rings is 3. The van der Waals surface area contributed by atoms with Crippen molar-refractivity contribution in [2.45, 2.75) is 19.9 Å². The van der Waals surface area contributed by atoms with E-state index in [0.717, 1.165) is 39.5 Å². The highest BCUT2D eigenvalue weighted by atomic mass is 35.5. The molecule has 4 aromatic rings. The largest absolute Gasteiger partial charge is 0.494 e. The Morgan fingerprint density at radius 1 is 1.06 bits per heavy atom. The molecule has 0 N–H and O–H groups in total. The molecule has 1 aliphatic heterocycles. The number of rotatable bonds is 6. The van der Waals surface area contributed by atoms with Crippen molar-refractivity contribution in [1.82, 2.24) is 10.1 Å². The number of ether oxygens (including phenoxy) is 1. The fourth-order valence-corrected chi connectivity index (χ4v) is 4.41. The first kappa shape index (κ1) is 22.9. The fourth-order valence-electron chi connectivity index (χ4n) is 4.28. The number of carbonyl (C=O) groups is 1. The predicted molar refractivity (Wildman–Crippen MR) is 138 cm³/mol. The summed E-state index contributed by atoms with van der Waals surface area (Å²) in [5, 5.41) is 4.97. The molecule has 1 aliphatic rings. The number of amides is 1. The van der Waals surface area contributed by atoms with Crippen LogP contribution >= 0.6 is 11.6 Å². The van der Waals surface area contributed by atoms with Crippen LogP contribution in [0.3, 0.4) is 0 Å². The van der Waals surface area contributed by atoms with Gasteiger partial charge in [0.25, 0.3) is 5.91 Å². The molecule has 0 radical (unpaired) electrons. The molecule has 5 nitrogen and oxygen atoms in total. The van der Waals surface area contributed by atoms with E-state index in [1.54, 1.807) is 0 Å². The first-order valence-electron chi connectivity index (χ1n) is 11.6. The lowest BCUT2D eigenvalue weighted by atomic mass is 9.97. The molecule has 0 unspecified atom stereocenters. The SMILES string of the molecule is CCOc1ccc(/C=C(/C(=O)N2CCc3c(noc3-c3ccc(Cl)cc3)C2)c2ccccc2)cc1. The molecule has 176 valence electrons. The van der Waals surface area contributed by atoms with Gasteiger partial charge in [0.1, 0.15) is 11.4 Å². The van der Waals surface area contributed by atoms with Crippen LogP contribution < -0.4 is 4.74 Å². The maximum absolute atomic E-state index is 13.8. The molecule has 0 fully saturated rings. The van der Waals surface area contributed by atoms with Gasteiger partial charge in [0.15, 0.2) is 5.76 Å². The zero-order valence-electron chi connectivity index (χ0n) is 19.4. The highest BCUT2D eigenvalue weighted by molar-refractivity contribution is 6.30. The summed E-state index contributed by atoms with van der Waals surface area (Å²) in [5.41, 5.74) is 5.23. The van der Waals surface area contributed by atoms with Crippen LogP contribution in [0.2, 0.25) is 5.02 Å². The molecule has 1 aromatic heterocycles. The van der Waals surface area contributed by atoms with Crippen molar-refractivity contribution in [3.63, 3.8) is 0 Å². The summed E-state index contributed by atoms with van der Waals surface area (Å²) >= 11 is 6.03. The number of hydrogen-bond acceptors (Lipinski definition) is 4. The fraction of sp³-hybridized carbons (Fsp3) is 0.172. The van der Waals surface area contributed by atoms with Crippen LogP contribution in [0.15, 0.2) is 83.4 Å². The van der Waals surface area contributed by atoms with Crippen molar-refractivity contribution in [3.05, 3.63) is 106 Å². The second kappa shape index (κ2) is 10.2. The third-order valence-corrected chi connectivity index (χ3v) is 6.30. The molecule has 5 rings (SSSR count). The quantitative estimate of drug-likeness (QED) is 0.231. The smallest absolute Gasteiger partial charge is 0.254 e. The summed E-state index contributed by atoms with van der Waals surface area (Å²) < 4.78 is 11.2. The Hall–Kier alpha value is -3.83. The Bertz CT molecular complexity index is 1340. The van der Waals surface area contributed by atoms with Gasteiger partial charge < -0.3 is 14.2 Å². The highest BCUT2D eigenvalue weighted by Gasteiger charge is 2.29. The Kier molecular flexibility index (Phi) is 6.68. The van der Waals surface area contributed by atoms with Crippen molar-refractivity contribution >= 4 is 29.2 Å². The number of fused-ring (bicyclic) bond motifs is 1. The number of aromatic nitrogens is 1. The second-order valence-electron chi connectivity index (χ2n) is 8.35. The second-order valence-corrected chi connectivity index (χ2v) is 8.78. The van der Waals surface area contributed by atoms with E-state index in [1.807, 2.05) is 96.8 Å². The number of carbonyl (C=O) groups excluding carboxylic acids is 1. The summed E-state index contributed by atoms with van der Waals surface area (Å²) in [6, 6.07) is 25.0. The molecule has 3 aromatic carbocycles. The molecular formula is C29H25ClN2O3. The van der Waals surface area contributed by atoms with Crippen LogP contribution in [-0.2, 0) is 17.8 Å². The lowest BCUT2D eigenvalue weighted by Crippen LogP contribution is -2.36. The predicted octanol–water partition coefficient (Wildman–Crippen LogP) is 6.52.